The first-order chi connectivity index (χ1) is 17.7. The van der Waals surface area contributed by atoms with Gasteiger partial charge in [0.25, 0.3) is 0 Å². The third kappa shape index (κ3) is 3.96. The lowest BCUT2D eigenvalue weighted by atomic mass is 10.0. The Morgan fingerprint density at radius 3 is 2.73 bits per heavy atom. The highest BCUT2D eigenvalue weighted by molar-refractivity contribution is 5.98. The van der Waals surface area contributed by atoms with Gasteiger partial charge in [0.1, 0.15) is 11.8 Å². The van der Waals surface area contributed by atoms with Crippen LogP contribution in [0.3, 0.4) is 0 Å². The summed E-state index contributed by atoms with van der Waals surface area (Å²) < 4.78 is 10.2. The smallest absolute Gasteiger partial charge is 0.221 e. The largest absolute Gasteiger partial charge is 0.473 e. The van der Waals surface area contributed by atoms with Gasteiger partial charge in [-0.05, 0) is 52.9 Å². The molecule has 37 heavy (non-hydrogen) atoms. The molecule has 0 saturated carbocycles. The van der Waals surface area contributed by atoms with Crippen molar-refractivity contribution < 1.29 is 9.84 Å². The van der Waals surface area contributed by atoms with Crippen LogP contribution >= 0.6 is 0 Å². The van der Waals surface area contributed by atoms with E-state index < -0.39 is 6.10 Å². The van der Waals surface area contributed by atoms with Crippen LogP contribution in [-0.2, 0) is 20.1 Å². The summed E-state index contributed by atoms with van der Waals surface area (Å²) in [7, 11) is 3.98. The average molecular weight is 501 g/mol. The number of H-pyrrole nitrogens is 1. The molecule has 0 fully saturated rings. The van der Waals surface area contributed by atoms with Crippen LogP contribution in [0.25, 0.3) is 44.3 Å². The van der Waals surface area contributed by atoms with Gasteiger partial charge in [-0.3, -0.25) is 19.7 Å². The summed E-state index contributed by atoms with van der Waals surface area (Å²) in [5, 5.41) is 29.6. The van der Waals surface area contributed by atoms with Crippen molar-refractivity contribution in [1.29, 1.82) is 0 Å². The summed E-state index contributed by atoms with van der Waals surface area (Å²) in [6.07, 6.45) is -0.613. The Hall–Kier alpha value is -3.76. The SMILES string of the molecule is Cc1nn(C)c2c1-c1cc3c(n[nH]c3c(C)n1)-c1ccc3nn(CC(C)O)c(c3c1)CN(C)CC(C)O2. The van der Waals surface area contributed by atoms with E-state index in [0.717, 1.165) is 61.4 Å². The highest BCUT2D eigenvalue weighted by Crippen LogP contribution is 2.37. The minimum Gasteiger partial charge on any atom is -0.473 e. The maximum Gasteiger partial charge on any atom is 0.221 e. The molecule has 0 saturated heterocycles. The highest BCUT2D eigenvalue weighted by Gasteiger charge is 2.24. The van der Waals surface area contributed by atoms with E-state index in [-0.39, 0.29) is 6.10 Å². The fourth-order valence-electron chi connectivity index (χ4n) is 5.47. The molecule has 0 amide bonds. The molecule has 0 radical (unpaired) electrons. The number of nitrogens with one attached hydrogen (secondary N) is 1. The van der Waals surface area contributed by atoms with Gasteiger partial charge in [0.2, 0.25) is 5.88 Å². The van der Waals surface area contributed by atoms with E-state index in [1.165, 1.54) is 0 Å². The molecule has 2 atom stereocenters. The van der Waals surface area contributed by atoms with Crippen LogP contribution in [0.5, 0.6) is 5.88 Å². The maximum atomic E-state index is 10.2. The third-order valence-corrected chi connectivity index (χ3v) is 7.02. The van der Waals surface area contributed by atoms with Crippen molar-refractivity contribution >= 4 is 21.8 Å². The Labute approximate surface area is 214 Å². The predicted molar refractivity (Wildman–Crippen MR) is 142 cm³/mol. The Kier molecular flexibility index (Phi) is 5.54. The van der Waals surface area contributed by atoms with E-state index in [1.54, 1.807) is 11.6 Å². The summed E-state index contributed by atoms with van der Waals surface area (Å²) >= 11 is 0. The number of benzene rings is 1. The molecule has 10 heteroatoms. The highest BCUT2D eigenvalue weighted by atomic mass is 16.5. The number of aromatic nitrogens is 7. The molecule has 4 bridgehead atoms. The zero-order valence-corrected chi connectivity index (χ0v) is 22.1. The van der Waals surface area contributed by atoms with E-state index >= 15 is 0 Å². The van der Waals surface area contributed by atoms with Gasteiger partial charge < -0.3 is 9.84 Å². The summed E-state index contributed by atoms with van der Waals surface area (Å²) in [6.45, 7) is 9.61. The molecular formula is C27H32N8O2. The minimum absolute atomic E-state index is 0.104. The van der Waals surface area contributed by atoms with E-state index in [1.807, 2.05) is 31.6 Å². The van der Waals surface area contributed by atoms with Crippen molar-refractivity contribution in [1.82, 2.24) is 39.6 Å². The van der Waals surface area contributed by atoms with Crippen LogP contribution < -0.4 is 4.74 Å². The zero-order chi connectivity index (χ0) is 26.0. The fourth-order valence-corrected chi connectivity index (χ4v) is 5.47. The van der Waals surface area contributed by atoms with Gasteiger partial charge >= 0.3 is 0 Å². The molecule has 4 aromatic heterocycles. The number of ether oxygens (including phenoxy) is 1. The van der Waals surface area contributed by atoms with Gasteiger partial charge in [-0.1, -0.05) is 6.07 Å². The molecule has 6 rings (SSSR count). The van der Waals surface area contributed by atoms with Crippen LogP contribution in [0.1, 0.15) is 30.9 Å². The molecule has 2 unspecified atom stereocenters. The number of aliphatic hydroxyl groups is 1. The van der Waals surface area contributed by atoms with E-state index in [9.17, 15) is 5.11 Å². The topological polar surface area (TPSA) is 110 Å². The van der Waals surface area contributed by atoms with E-state index in [2.05, 4.69) is 47.3 Å². The van der Waals surface area contributed by atoms with Crippen molar-refractivity contribution in [3.63, 3.8) is 0 Å². The Morgan fingerprint density at radius 1 is 1.14 bits per heavy atom. The second-order valence-corrected chi connectivity index (χ2v) is 10.3. The van der Waals surface area contributed by atoms with E-state index in [4.69, 9.17) is 19.9 Å². The van der Waals surface area contributed by atoms with Crippen LogP contribution in [0.2, 0.25) is 0 Å². The van der Waals surface area contributed by atoms with Crippen molar-refractivity contribution in [2.75, 3.05) is 13.6 Å². The molecule has 192 valence electrons. The molecule has 1 aromatic carbocycles. The quantitative estimate of drug-likeness (QED) is 0.381. The fraction of sp³-hybridized carbons (Fsp3) is 0.407. The summed E-state index contributed by atoms with van der Waals surface area (Å²) in [5.41, 5.74) is 8.16. The lowest BCUT2D eigenvalue weighted by Gasteiger charge is -2.23. The average Bonchev–Trinajstić information content (AvgIpc) is 3.47. The van der Waals surface area contributed by atoms with Gasteiger partial charge in [-0.2, -0.15) is 15.3 Å². The molecular weight excluding hydrogens is 468 g/mol. The van der Waals surface area contributed by atoms with Crippen molar-refractivity contribution in [3.8, 4) is 28.4 Å². The maximum absolute atomic E-state index is 10.2. The van der Waals surface area contributed by atoms with Crippen LogP contribution in [0.15, 0.2) is 24.3 Å². The number of hydrogen-bond acceptors (Lipinski definition) is 7. The van der Waals surface area contributed by atoms with Gasteiger partial charge in [0, 0.05) is 36.5 Å². The number of fused-ring (bicyclic) bond motifs is 5. The molecule has 0 spiro atoms. The van der Waals surface area contributed by atoms with Crippen LogP contribution in [0.4, 0.5) is 0 Å². The first kappa shape index (κ1) is 23.6. The van der Waals surface area contributed by atoms with E-state index in [0.29, 0.717) is 25.5 Å². The van der Waals surface area contributed by atoms with Gasteiger partial charge in [-0.25, -0.2) is 4.68 Å². The molecule has 10 nitrogen and oxygen atoms in total. The number of pyridine rings is 1. The Bertz CT molecular complexity index is 1640. The standard InChI is InChI=1S/C27H32N8O2/c1-14(36)11-35-23-13-33(5)12-15(2)37-27-24(16(3)31-34(27)6)22-10-20-25(17(4)28-22)29-30-26(20)18-7-8-21(32-35)19(23)9-18/h7-10,14-15,36H,11-13H2,1-6H3,(H,29,30). The number of aryl methyl sites for hydroxylation is 3. The number of likely N-dealkylation sites (N-methyl/N-ethyl adjacent to an activating group) is 1. The van der Waals surface area contributed by atoms with Crippen LogP contribution in [0, 0.1) is 13.8 Å². The van der Waals surface area contributed by atoms with Crippen molar-refractivity contribution in [2.24, 2.45) is 7.05 Å². The molecule has 2 N–H and O–H groups in total. The molecule has 5 aromatic rings. The Morgan fingerprint density at radius 2 is 1.95 bits per heavy atom. The van der Waals surface area contributed by atoms with Gasteiger partial charge in [-0.15, -0.1) is 0 Å². The molecule has 1 aliphatic heterocycles. The lowest BCUT2D eigenvalue weighted by Crippen LogP contribution is -2.32. The monoisotopic (exact) mass is 500 g/mol. The van der Waals surface area contributed by atoms with Gasteiger partial charge in [0.05, 0.1) is 52.0 Å². The molecule has 5 heterocycles. The zero-order valence-electron chi connectivity index (χ0n) is 22.1. The van der Waals surface area contributed by atoms with Crippen molar-refractivity contribution in [2.45, 2.75) is 53.0 Å². The number of aliphatic hydroxyl groups excluding tert-OH is 1. The number of aromatic amines is 1. The minimum atomic E-state index is -0.509. The second kappa shape index (κ2) is 8.67. The molecule has 1 aliphatic rings. The van der Waals surface area contributed by atoms with Crippen molar-refractivity contribution in [3.05, 3.63) is 41.3 Å². The van der Waals surface area contributed by atoms with Gasteiger partial charge in [0.15, 0.2) is 0 Å². The number of nitrogens with zero attached hydrogens (tertiary/aromatic N) is 7. The predicted octanol–water partition coefficient (Wildman–Crippen LogP) is 3.59. The molecule has 0 aliphatic carbocycles. The second-order valence-electron chi connectivity index (χ2n) is 10.3. The normalized spacial score (nSPS) is 17.2. The van der Waals surface area contributed by atoms with Crippen LogP contribution in [-0.4, -0.2) is 70.5 Å². The summed E-state index contributed by atoms with van der Waals surface area (Å²) in [6, 6.07) is 8.34. The number of rotatable bonds is 2. The summed E-state index contributed by atoms with van der Waals surface area (Å²) in [5.74, 6) is 0.701. The lowest BCUT2D eigenvalue weighted by molar-refractivity contribution is 0.143. The summed E-state index contributed by atoms with van der Waals surface area (Å²) in [4.78, 5) is 7.15. The third-order valence-electron chi connectivity index (χ3n) is 7.02. The first-order valence-electron chi connectivity index (χ1n) is 12.6. The number of hydrogen-bond donors (Lipinski definition) is 2. The Balaban J connectivity index is 1.63. The first-order valence-corrected chi connectivity index (χ1v) is 12.6.